The molecule has 1 unspecified atom stereocenters. The summed E-state index contributed by atoms with van der Waals surface area (Å²) in [6.07, 6.45) is 2.87. The summed E-state index contributed by atoms with van der Waals surface area (Å²) in [5.41, 5.74) is 8.32. The number of methoxy groups -OCH3 is 1. The minimum atomic E-state index is -0.530. The van der Waals surface area contributed by atoms with E-state index in [0.717, 1.165) is 24.8 Å². The molecule has 1 atom stereocenters. The van der Waals surface area contributed by atoms with Gasteiger partial charge in [0.25, 0.3) is 0 Å². The number of hydrogen-bond acceptors (Lipinski definition) is 8. The third-order valence-electron chi connectivity index (χ3n) is 6.71. The number of benzene rings is 3. The highest BCUT2D eigenvalue weighted by atomic mass is 16.5. The zero-order valence-corrected chi connectivity index (χ0v) is 23.9. The Morgan fingerprint density at radius 3 is 2.59 bits per heavy atom. The largest absolute Gasteiger partial charge is 0.494 e. The molecule has 2 N–H and O–H groups in total. The number of ether oxygens (including phenoxy) is 5. The van der Waals surface area contributed by atoms with Gasteiger partial charge in [-0.2, -0.15) is 5.26 Å². The highest BCUT2D eigenvalue weighted by molar-refractivity contribution is 5.91. The van der Waals surface area contributed by atoms with E-state index in [1.54, 1.807) is 49.6 Å². The van der Waals surface area contributed by atoms with Crippen molar-refractivity contribution in [2.24, 2.45) is 11.7 Å². The monoisotopic (exact) mass is 556 g/mol. The molecule has 8 nitrogen and oxygen atoms in total. The molecule has 3 aromatic rings. The third-order valence-corrected chi connectivity index (χ3v) is 6.71. The Kier molecular flexibility index (Phi) is 9.75. The van der Waals surface area contributed by atoms with Crippen molar-refractivity contribution in [3.05, 3.63) is 88.8 Å². The number of carbonyl (C=O) groups excluding carboxylic acids is 1. The van der Waals surface area contributed by atoms with E-state index in [9.17, 15) is 10.1 Å². The molecule has 0 aromatic heterocycles. The number of carbonyl (C=O) groups is 1. The van der Waals surface area contributed by atoms with Crippen LogP contribution in [0.4, 0.5) is 0 Å². The number of esters is 1. The second kappa shape index (κ2) is 13.6. The first-order chi connectivity index (χ1) is 19.8. The van der Waals surface area contributed by atoms with E-state index < -0.39 is 11.9 Å². The molecule has 0 radical (unpaired) electrons. The van der Waals surface area contributed by atoms with Crippen molar-refractivity contribution in [3.8, 4) is 34.8 Å². The van der Waals surface area contributed by atoms with Gasteiger partial charge in [0.1, 0.15) is 28.9 Å². The molecule has 4 rings (SSSR count). The Hall–Kier alpha value is -4.64. The van der Waals surface area contributed by atoms with Crippen molar-refractivity contribution in [3.63, 3.8) is 0 Å². The number of nitrogens with zero attached hydrogens (tertiary/aromatic N) is 1. The third kappa shape index (κ3) is 7.12. The minimum absolute atomic E-state index is 0.0124. The first-order valence-electron chi connectivity index (χ1n) is 13.8. The van der Waals surface area contributed by atoms with E-state index in [0.29, 0.717) is 53.3 Å². The molecule has 0 amide bonds. The lowest BCUT2D eigenvalue weighted by atomic mass is 9.83. The summed E-state index contributed by atoms with van der Waals surface area (Å²) in [6, 6.07) is 19.7. The summed E-state index contributed by atoms with van der Waals surface area (Å²) >= 11 is 0. The van der Waals surface area contributed by atoms with Gasteiger partial charge in [-0.05, 0) is 60.7 Å². The van der Waals surface area contributed by atoms with Gasteiger partial charge >= 0.3 is 5.97 Å². The Balaban J connectivity index is 1.58. The molecule has 0 spiro atoms. The molecule has 0 fully saturated rings. The molecular formula is C33H36N2O6. The average molecular weight is 557 g/mol. The normalized spacial score (nSPS) is 14.1. The number of rotatable bonds is 12. The maximum Gasteiger partial charge on any atom is 0.343 e. The molecule has 1 aliphatic heterocycles. The van der Waals surface area contributed by atoms with Gasteiger partial charge in [0.15, 0.2) is 11.5 Å². The topological polar surface area (TPSA) is 113 Å². The molecule has 1 heterocycles. The molecule has 0 aliphatic carbocycles. The van der Waals surface area contributed by atoms with Crippen molar-refractivity contribution in [2.75, 3.05) is 20.3 Å². The lowest BCUT2D eigenvalue weighted by Gasteiger charge is -2.27. The quantitative estimate of drug-likeness (QED) is 0.148. The van der Waals surface area contributed by atoms with Crippen LogP contribution in [0.5, 0.6) is 28.7 Å². The van der Waals surface area contributed by atoms with Crippen LogP contribution in [0.25, 0.3) is 0 Å². The maximum atomic E-state index is 12.9. The first kappa shape index (κ1) is 29.3. The summed E-state index contributed by atoms with van der Waals surface area (Å²) in [6.45, 7) is 7.52. The second-order valence-corrected chi connectivity index (χ2v) is 10.2. The highest BCUT2D eigenvalue weighted by Crippen LogP contribution is 2.45. The summed E-state index contributed by atoms with van der Waals surface area (Å²) in [5.74, 6) is 1.93. The fourth-order valence-corrected chi connectivity index (χ4v) is 4.44. The van der Waals surface area contributed by atoms with Gasteiger partial charge in [0.2, 0.25) is 5.88 Å². The molecule has 0 saturated heterocycles. The van der Waals surface area contributed by atoms with Crippen LogP contribution < -0.4 is 29.4 Å². The van der Waals surface area contributed by atoms with E-state index in [2.05, 4.69) is 26.8 Å². The molecule has 41 heavy (non-hydrogen) atoms. The number of hydrogen-bond donors (Lipinski definition) is 1. The summed E-state index contributed by atoms with van der Waals surface area (Å²) < 4.78 is 28.7. The summed E-state index contributed by atoms with van der Waals surface area (Å²) in [4.78, 5) is 12.9. The van der Waals surface area contributed by atoms with Crippen LogP contribution in [0.3, 0.4) is 0 Å². The average Bonchev–Trinajstić information content (AvgIpc) is 2.96. The number of unbranched alkanes of at least 4 members (excludes halogenated alkanes) is 1. The van der Waals surface area contributed by atoms with E-state index in [1.807, 2.05) is 18.2 Å². The van der Waals surface area contributed by atoms with E-state index in [-0.39, 0.29) is 17.2 Å². The van der Waals surface area contributed by atoms with Crippen LogP contribution >= 0.6 is 0 Å². The van der Waals surface area contributed by atoms with Gasteiger partial charge in [-0.25, -0.2) is 4.79 Å². The molecule has 1 aliphatic rings. The summed E-state index contributed by atoms with van der Waals surface area (Å²) in [7, 11) is 1.58. The van der Waals surface area contributed by atoms with Crippen molar-refractivity contribution in [2.45, 2.75) is 46.0 Å². The van der Waals surface area contributed by atoms with Gasteiger partial charge in [0.05, 0.1) is 31.8 Å². The predicted octanol–water partition coefficient (Wildman–Crippen LogP) is 6.74. The highest BCUT2D eigenvalue weighted by Gasteiger charge is 2.32. The second-order valence-electron chi connectivity index (χ2n) is 10.2. The number of fused-ring (bicyclic) bond motifs is 1. The Morgan fingerprint density at radius 2 is 1.85 bits per heavy atom. The van der Waals surface area contributed by atoms with Crippen molar-refractivity contribution < 1.29 is 28.5 Å². The van der Waals surface area contributed by atoms with Gasteiger partial charge in [-0.15, -0.1) is 0 Å². The molecular weight excluding hydrogens is 520 g/mol. The smallest absolute Gasteiger partial charge is 0.343 e. The molecule has 3 aromatic carbocycles. The van der Waals surface area contributed by atoms with Crippen LogP contribution in [0, 0.1) is 17.2 Å². The molecule has 8 heteroatoms. The van der Waals surface area contributed by atoms with Gasteiger partial charge in [0, 0.05) is 11.6 Å². The number of allylic oxidation sites excluding steroid dienone is 1. The van der Waals surface area contributed by atoms with Crippen LogP contribution in [0.1, 0.15) is 67.4 Å². The van der Waals surface area contributed by atoms with Crippen LogP contribution in [0.2, 0.25) is 0 Å². The van der Waals surface area contributed by atoms with E-state index >= 15 is 0 Å². The summed E-state index contributed by atoms with van der Waals surface area (Å²) in [5, 5.41) is 9.95. The Bertz CT molecular complexity index is 1460. The zero-order valence-electron chi connectivity index (χ0n) is 23.9. The minimum Gasteiger partial charge on any atom is -0.494 e. The van der Waals surface area contributed by atoms with Gasteiger partial charge < -0.3 is 29.4 Å². The van der Waals surface area contributed by atoms with Gasteiger partial charge in [-0.1, -0.05) is 45.4 Å². The lowest BCUT2D eigenvalue weighted by Crippen LogP contribution is -2.21. The SMILES string of the molecule is CCCCOc1cccc(C(=O)Oc2ccc3c(c2)OC(N)=C(C#N)C3c2ccc(OCCC(C)C)c(OC)c2)c1. The Morgan fingerprint density at radius 1 is 1.02 bits per heavy atom. The zero-order chi connectivity index (χ0) is 29.4. The van der Waals surface area contributed by atoms with Crippen molar-refractivity contribution >= 4 is 5.97 Å². The lowest BCUT2D eigenvalue weighted by molar-refractivity contribution is 0.0734. The molecule has 0 bridgehead atoms. The van der Waals surface area contributed by atoms with Crippen molar-refractivity contribution in [1.29, 1.82) is 5.26 Å². The van der Waals surface area contributed by atoms with E-state index in [4.69, 9.17) is 29.4 Å². The molecule has 214 valence electrons. The number of nitriles is 1. The maximum absolute atomic E-state index is 12.9. The Labute approximate surface area is 241 Å². The van der Waals surface area contributed by atoms with E-state index in [1.165, 1.54) is 0 Å². The van der Waals surface area contributed by atoms with Crippen LogP contribution in [0.15, 0.2) is 72.1 Å². The molecule has 0 saturated carbocycles. The first-order valence-corrected chi connectivity index (χ1v) is 13.8. The fourth-order valence-electron chi connectivity index (χ4n) is 4.44. The predicted molar refractivity (Wildman–Crippen MR) is 155 cm³/mol. The van der Waals surface area contributed by atoms with Crippen molar-refractivity contribution in [1.82, 2.24) is 0 Å². The van der Waals surface area contributed by atoms with Crippen LogP contribution in [-0.4, -0.2) is 26.3 Å². The fraction of sp³-hybridized carbons (Fsp3) is 0.333. The number of nitrogens with two attached hydrogens (primary N) is 1. The van der Waals surface area contributed by atoms with Crippen LogP contribution in [-0.2, 0) is 0 Å². The van der Waals surface area contributed by atoms with Gasteiger partial charge in [-0.3, -0.25) is 0 Å². The standard InChI is InChI=1S/C33H36N2O6/c1-5-6-15-38-24-9-7-8-23(17-24)33(36)40-25-11-12-26-29(19-25)41-32(35)27(20-34)31(26)22-10-13-28(30(18-22)37-4)39-16-14-21(2)3/h7-13,17-19,21,31H,5-6,14-16,35H2,1-4H3.